The van der Waals surface area contributed by atoms with Crippen LogP contribution in [-0.4, -0.2) is 41.9 Å². The SMILES string of the molecule is CCCCNC(=O)NC(=O)CN1C(=O)N[C@@](C)(c2ccccc2Cl)C1=O. The number of nitrogens with zero attached hydrogens (tertiary/aromatic N) is 1. The summed E-state index contributed by atoms with van der Waals surface area (Å²) in [5, 5.41) is 7.50. The normalized spacial score (nSPS) is 19.3. The van der Waals surface area contributed by atoms with Gasteiger partial charge >= 0.3 is 12.1 Å². The molecular weight excluding hydrogens is 360 g/mol. The second kappa shape index (κ2) is 8.18. The second-order valence-corrected chi connectivity index (χ2v) is 6.49. The lowest BCUT2D eigenvalue weighted by molar-refractivity contribution is -0.134. The van der Waals surface area contributed by atoms with E-state index in [-0.39, 0.29) is 0 Å². The Hall–Kier alpha value is -2.61. The van der Waals surface area contributed by atoms with Crippen LogP contribution in [0, 0.1) is 0 Å². The van der Waals surface area contributed by atoms with Gasteiger partial charge in [0.2, 0.25) is 5.91 Å². The predicted octanol–water partition coefficient (Wildman–Crippen LogP) is 1.73. The van der Waals surface area contributed by atoms with Gasteiger partial charge in [-0.3, -0.25) is 19.8 Å². The van der Waals surface area contributed by atoms with Crippen LogP contribution in [0.2, 0.25) is 5.02 Å². The molecule has 26 heavy (non-hydrogen) atoms. The number of unbranched alkanes of at least 4 members (excludes halogenated alkanes) is 1. The maximum Gasteiger partial charge on any atom is 0.325 e. The fourth-order valence-corrected chi connectivity index (χ4v) is 2.95. The van der Waals surface area contributed by atoms with E-state index in [0.717, 1.165) is 17.7 Å². The van der Waals surface area contributed by atoms with Gasteiger partial charge < -0.3 is 10.6 Å². The van der Waals surface area contributed by atoms with Crippen molar-refractivity contribution in [3.63, 3.8) is 0 Å². The minimum absolute atomic E-state index is 0.324. The van der Waals surface area contributed by atoms with Crippen LogP contribution in [0.1, 0.15) is 32.3 Å². The molecule has 0 bridgehead atoms. The zero-order valence-corrected chi connectivity index (χ0v) is 15.4. The number of nitrogens with one attached hydrogen (secondary N) is 3. The molecule has 1 heterocycles. The van der Waals surface area contributed by atoms with Crippen molar-refractivity contribution in [2.45, 2.75) is 32.2 Å². The number of rotatable bonds is 6. The van der Waals surface area contributed by atoms with E-state index in [4.69, 9.17) is 11.6 Å². The van der Waals surface area contributed by atoms with Crippen LogP contribution in [0.25, 0.3) is 0 Å². The molecule has 140 valence electrons. The average Bonchev–Trinajstić information content (AvgIpc) is 2.79. The maximum absolute atomic E-state index is 12.7. The molecule has 9 heteroatoms. The molecule has 8 nitrogen and oxygen atoms in total. The zero-order chi connectivity index (χ0) is 19.3. The van der Waals surface area contributed by atoms with Crippen molar-refractivity contribution < 1.29 is 19.2 Å². The molecule has 1 aliphatic rings. The van der Waals surface area contributed by atoms with Gasteiger partial charge in [-0.25, -0.2) is 9.59 Å². The van der Waals surface area contributed by atoms with Crippen LogP contribution in [-0.2, 0) is 15.1 Å². The van der Waals surface area contributed by atoms with Gasteiger partial charge in [-0.05, 0) is 19.4 Å². The Bertz CT molecular complexity index is 739. The summed E-state index contributed by atoms with van der Waals surface area (Å²) < 4.78 is 0. The molecule has 1 aromatic carbocycles. The highest BCUT2D eigenvalue weighted by molar-refractivity contribution is 6.32. The summed E-state index contributed by atoms with van der Waals surface area (Å²) in [6.07, 6.45) is 1.68. The quantitative estimate of drug-likeness (QED) is 0.516. The molecule has 1 saturated heterocycles. The highest BCUT2D eigenvalue weighted by atomic mass is 35.5. The number of hydrogen-bond donors (Lipinski definition) is 3. The fraction of sp³-hybridized carbons (Fsp3) is 0.412. The van der Waals surface area contributed by atoms with Gasteiger partial charge in [-0.15, -0.1) is 0 Å². The Kier molecular flexibility index (Phi) is 6.20. The summed E-state index contributed by atoms with van der Waals surface area (Å²) in [4.78, 5) is 49.2. The van der Waals surface area contributed by atoms with Crippen LogP contribution in [0.3, 0.4) is 0 Å². The number of carbonyl (C=O) groups is 4. The lowest BCUT2D eigenvalue weighted by atomic mass is 9.92. The molecule has 0 radical (unpaired) electrons. The maximum atomic E-state index is 12.7. The molecule has 1 fully saturated rings. The number of benzene rings is 1. The lowest BCUT2D eigenvalue weighted by Crippen LogP contribution is -2.47. The number of carbonyl (C=O) groups excluding carboxylic acids is 4. The van der Waals surface area contributed by atoms with Crippen molar-refractivity contribution >= 4 is 35.5 Å². The summed E-state index contributed by atoms with van der Waals surface area (Å²) in [6.45, 7) is 3.36. The van der Waals surface area contributed by atoms with Crippen molar-refractivity contribution in [3.8, 4) is 0 Å². The molecule has 1 aliphatic heterocycles. The molecule has 2 rings (SSSR count). The van der Waals surface area contributed by atoms with Gasteiger partial charge in [0.15, 0.2) is 0 Å². The first kappa shape index (κ1) is 19.7. The van der Waals surface area contributed by atoms with Gasteiger partial charge in [0.05, 0.1) is 0 Å². The molecule has 0 saturated carbocycles. The van der Waals surface area contributed by atoms with Crippen LogP contribution >= 0.6 is 11.6 Å². The standard InChI is InChI=1S/C17H21ClN4O4/c1-3-4-9-19-15(25)20-13(23)10-22-14(24)17(2,21-16(22)26)11-7-5-6-8-12(11)18/h5-8H,3-4,9-10H2,1-2H3,(H,21,26)(H2,19,20,23,25)/t17-/m0/s1. The van der Waals surface area contributed by atoms with Crippen LogP contribution in [0.15, 0.2) is 24.3 Å². The third kappa shape index (κ3) is 4.13. The van der Waals surface area contributed by atoms with Crippen LogP contribution in [0.5, 0.6) is 0 Å². The van der Waals surface area contributed by atoms with Crippen molar-refractivity contribution in [1.82, 2.24) is 20.9 Å². The number of urea groups is 2. The Balaban J connectivity index is 2.04. The molecule has 3 N–H and O–H groups in total. The first-order valence-corrected chi connectivity index (χ1v) is 8.64. The van der Waals surface area contributed by atoms with Gasteiger partial charge in [0.1, 0.15) is 12.1 Å². The van der Waals surface area contributed by atoms with Crippen LogP contribution in [0.4, 0.5) is 9.59 Å². The van der Waals surface area contributed by atoms with Crippen molar-refractivity contribution in [2.75, 3.05) is 13.1 Å². The number of imide groups is 2. The predicted molar refractivity (Wildman–Crippen MR) is 95.5 cm³/mol. The van der Waals surface area contributed by atoms with Crippen molar-refractivity contribution in [1.29, 1.82) is 0 Å². The fourth-order valence-electron chi connectivity index (χ4n) is 2.62. The molecule has 1 atom stereocenters. The summed E-state index contributed by atoms with van der Waals surface area (Å²) in [5.74, 6) is -1.37. The topological polar surface area (TPSA) is 108 Å². The molecule has 6 amide bonds. The first-order valence-electron chi connectivity index (χ1n) is 8.26. The zero-order valence-electron chi connectivity index (χ0n) is 14.6. The average molecular weight is 381 g/mol. The molecule has 1 aromatic rings. The number of amides is 6. The van der Waals surface area contributed by atoms with Crippen molar-refractivity contribution in [3.05, 3.63) is 34.9 Å². The van der Waals surface area contributed by atoms with Crippen molar-refractivity contribution in [2.24, 2.45) is 0 Å². The number of halogens is 1. The van der Waals surface area contributed by atoms with Gasteiger partial charge in [-0.1, -0.05) is 43.1 Å². The minimum Gasteiger partial charge on any atom is -0.338 e. The highest BCUT2D eigenvalue weighted by Crippen LogP contribution is 2.33. The lowest BCUT2D eigenvalue weighted by Gasteiger charge is -2.23. The van der Waals surface area contributed by atoms with E-state index in [0.29, 0.717) is 17.1 Å². The Morgan fingerprint density at radius 1 is 1.27 bits per heavy atom. The third-order valence-corrected chi connectivity index (χ3v) is 4.39. The minimum atomic E-state index is -1.38. The first-order chi connectivity index (χ1) is 12.3. The number of hydrogen-bond acceptors (Lipinski definition) is 4. The third-order valence-electron chi connectivity index (χ3n) is 4.06. The monoisotopic (exact) mass is 380 g/mol. The van der Waals surface area contributed by atoms with E-state index in [1.54, 1.807) is 24.3 Å². The van der Waals surface area contributed by atoms with Crippen LogP contribution < -0.4 is 16.0 Å². The van der Waals surface area contributed by atoms with E-state index in [2.05, 4.69) is 16.0 Å². The summed E-state index contributed by atoms with van der Waals surface area (Å²) >= 11 is 6.14. The summed E-state index contributed by atoms with van der Waals surface area (Å²) in [5.41, 5.74) is -0.945. The van der Waals surface area contributed by atoms with Gasteiger partial charge in [0.25, 0.3) is 5.91 Å². The highest BCUT2D eigenvalue weighted by Gasteiger charge is 2.50. The Morgan fingerprint density at radius 2 is 1.96 bits per heavy atom. The smallest absolute Gasteiger partial charge is 0.325 e. The second-order valence-electron chi connectivity index (χ2n) is 6.08. The summed E-state index contributed by atoms with van der Waals surface area (Å²) in [7, 11) is 0. The van der Waals surface area contributed by atoms with Gasteiger partial charge in [0, 0.05) is 17.1 Å². The molecule has 0 aliphatic carbocycles. The Labute approximate surface area is 156 Å². The largest absolute Gasteiger partial charge is 0.338 e. The Morgan fingerprint density at radius 3 is 2.62 bits per heavy atom. The van der Waals surface area contributed by atoms with E-state index in [1.165, 1.54) is 6.92 Å². The molecule has 0 unspecified atom stereocenters. The van der Waals surface area contributed by atoms with Gasteiger partial charge in [-0.2, -0.15) is 0 Å². The molecule has 0 aromatic heterocycles. The summed E-state index contributed by atoms with van der Waals surface area (Å²) in [6, 6.07) is 5.26. The van der Waals surface area contributed by atoms with E-state index >= 15 is 0 Å². The van der Waals surface area contributed by atoms with E-state index in [1.807, 2.05) is 6.92 Å². The molecular formula is C17H21ClN4O4. The molecule has 0 spiro atoms. The van der Waals surface area contributed by atoms with E-state index < -0.39 is 36.0 Å². The van der Waals surface area contributed by atoms with E-state index in [9.17, 15) is 19.2 Å².